The lowest BCUT2D eigenvalue weighted by Crippen LogP contribution is -2.17. The summed E-state index contributed by atoms with van der Waals surface area (Å²) >= 11 is 0. The molecule has 0 bridgehead atoms. The number of nitrogens with zero attached hydrogens (tertiary/aromatic N) is 1. The van der Waals surface area contributed by atoms with Crippen LogP contribution < -0.4 is 10.1 Å². The van der Waals surface area contributed by atoms with Crippen LogP contribution in [0.1, 0.15) is 12.0 Å². The number of nitrogens with one attached hydrogen (secondary N) is 1. The highest BCUT2D eigenvalue weighted by molar-refractivity contribution is 5.92. The maximum Gasteiger partial charge on any atom is 0.417 e. The molecule has 1 amide bonds. The van der Waals surface area contributed by atoms with E-state index in [1.54, 1.807) is 43.4 Å². The molecule has 0 aliphatic carbocycles. The molecule has 26 heavy (non-hydrogen) atoms. The Balaban J connectivity index is 1.81. The van der Waals surface area contributed by atoms with Crippen molar-refractivity contribution in [2.75, 3.05) is 5.32 Å². The fourth-order valence-corrected chi connectivity index (χ4v) is 2.54. The molecule has 2 aromatic carbocycles. The molecular weight excluding hydrogens is 345 g/mol. The summed E-state index contributed by atoms with van der Waals surface area (Å²) in [6, 6.07) is 12.6. The summed E-state index contributed by atoms with van der Waals surface area (Å²) in [6.07, 6.45) is -1.16. The van der Waals surface area contributed by atoms with Gasteiger partial charge in [0.2, 0.25) is 0 Å². The number of halogens is 3. The van der Waals surface area contributed by atoms with Crippen LogP contribution >= 0.6 is 0 Å². The SMILES string of the molecule is Cn1cc(OC(=O)Nc2ccccc2-c2ccc(F)cc2)c(C(F)F)c1. The summed E-state index contributed by atoms with van der Waals surface area (Å²) in [5, 5.41) is 2.54. The second-order valence-corrected chi connectivity index (χ2v) is 5.61. The number of carbonyl (C=O) groups is 1. The molecule has 0 fully saturated rings. The molecule has 134 valence electrons. The fourth-order valence-electron chi connectivity index (χ4n) is 2.54. The molecular formula is C19H15F3N2O2. The van der Waals surface area contributed by atoms with Crippen LogP contribution in [0.25, 0.3) is 11.1 Å². The van der Waals surface area contributed by atoms with Gasteiger partial charge >= 0.3 is 6.09 Å². The molecule has 0 saturated carbocycles. The number of alkyl halides is 2. The van der Waals surface area contributed by atoms with Crippen molar-refractivity contribution in [1.29, 1.82) is 0 Å². The van der Waals surface area contributed by atoms with Crippen molar-refractivity contribution >= 4 is 11.8 Å². The first-order chi connectivity index (χ1) is 12.4. The third kappa shape index (κ3) is 3.88. The monoisotopic (exact) mass is 360 g/mol. The van der Waals surface area contributed by atoms with Crippen LogP contribution in [0, 0.1) is 5.82 Å². The minimum atomic E-state index is -2.76. The topological polar surface area (TPSA) is 43.3 Å². The molecule has 3 rings (SSSR count). The van der Waals surface area contributed by atoms with Crippen LogP contribution in [0.15, 0.2) is 60.9 Å². The highest BCUT2D eigenvalue weighted by Crippen LogP contribution is 2.31. The van der Waals surface area contributed by atoms with Crippen LogP contribution in [-0.4, -0.2) is 10.7 Å². The zero-order chi connectivity index (χ0) is 18.7. The maximum atomic E-state index is 13.1. The van der Waals surface area contributed by atoms with E-state index >= 15 is 0 Å². The van der Waals surface area contributed by atoms with Crippen molar-refractivity contribution < 1.29 is 22.7 Å². The summed E-state index contributed by atoms with van der Waals surface area (Å²) in [5.41, 5.74) is 1.38. The Kier molecular flexibility index (Phi) is 4.97. The number of para-hydroxylation sites is 1. The second-order valence-electron chi connectivity index (χ2n) is 5.61. The zero-order valence-corrected chi connectivity index (χ0v) is 13.7. The molecule has 0 unspecified atom stereocenters. The molecule has 0 aliphatic heterocycles. The molecule has 0 spiro atoms. The predicted molar refractivity (Wildman–Crippen MR) is 91.9 cm³/mol. The standard InChI is InChI=1S/C19H15F3N2O2/c1-24-10-15(18(21)22)17(11-24)26-19(25)23-16-5-3-2-4-14(16)12-6-8-13(20)9-7-12/h2-11,18H,1H3,(H,23,25). The van der Waals surface area contributed by atoms with E-state index in [-0.39, 0.29) is 17.1 Å². The van der Waals surface area contributed by atoms with Gasteiger partial charge in [-0.2, -0.15) is 0 Å². The van der Waals surface area contributed by atoms with Crippen molar-refractivity contribution in [3.8, 4) is 16.9 Å². The predicted octanol–water partition coefficient (Wildman–Crippen LogP) is 5.38. The van der Waals surface area contributed by atoms with Gasteiger partial charge in [0, 0.05) is 25.0 Å². The average molecular weight is 360 g/mol. The minimum Gasteiger partial charge on any atom is -0.408 e. The van der Waals surface area contributed by atoms with E-state index in [0.29, 0.717) is 16.8 Å². The molecule has 1 aromatic heterocycles. The Morgan fingerprint density at radius 2 is 1.77 bits per heavy atom. The van der Waals surface area contributed by atoms with E-state index in [1.807, 2.05) is 0 Å². The second kappa shape index (κ2) is 7.35. The molecule has 1 N–H and O–H groups in total. The normalized spacial score (nSPS) is 10.8. The van der Waals surface area contributed by atoms with Gasteiger partial charge in [0.1, 0.15) is 5.82 Å². The van der Waals surface area contributed by atoms with Crippen molar-refractivity contribution in [2.24, 2.45) is 7.05 Å². The maximum absolute atomic E-state index is 13.1. The van der Waals surface area contributed by atoms with E-state index in [2.05, 4.69) is 5.32 Å². The van der Waals surface area contributed by atoms with Gasteiger partial charge in [-0.15, -0.1) is 0 Å². The molecule has 0 radical (unpaired) electrons. The number of benzene rings is 2. The van der Waals surface area contributed by atoms with Crippen molar-refractivity contribution in [3.63, 3.8) is 0 Å². The third-order valence-corrected chi connectivity index (χ3v) is 3.70. The minimum absolute atomic E-state index is 0.209. The van der Waals surface area contributed by atoms with Crippen LogP contribution in [0.4, 0.5) is 23.7 Å². The van der Waals surface area contributed by atoms with Crippen LogP contribution in [0.2, 0.25) is 0 Å². The largest absolute Gasteiger partial charge is 0.417 e. The fraction of sp³-hybridized carbons (Fsp3) is 0.105. The van der Waals surface area contributed by atoms with Gasteiger partial charge in [0.25, 0.3) is 6.43 Å². The van der Waals surface area contributed by atoms with Crippen molar-refractivity contribution in [3.05, 3.63) is 72.3 Å². The van der Waals surface area contributed by atoms with Gasteiger partial charge < -0.3 is 9.30 Å². The lowest BCUT2D eigenvalue weighted by Gasteiger charge is -2.11. The smallest absolute Gasteiger partial charge is 0.408 e. The quantitative estimate of drug-likeness (QED) is 0.679. The zero-order valence-electron chi connectivity index (χ0n) is 13.7. The summed E-state index contributed by atoms with van der Waals surface area (Å²) in [5.74, 6) is -0.582. The molecule has 7 heteroatoms. The van der Waals surface area contributed by atoms with Gasteiger partial charge in [0.15, 0.2) is 5.75 Å². The molecule has 0 saturated heterocycles. The molecule has 3 aromatic rings. The average Bonchev–Trinajstić information content (AvgIpc) is 2.96. The van der Waals surface area contributed by atoms with E-state index in [4.69, 9.17) is 4.74 Å². The van der Waals surface area contributed by atoms with E-state index in [9.17, 15) is 18.0 Å². The highest BCUT2D eigenvalue weighted by Gasteiger charge is 2.19. The first-order valence-corrected chi connectivity index (χ1v) is 7.72. The summed E-state index contributed by atoms with van der Waals surface area (Å²) in [7, 11) is 1.56. The van der Waals surface area contributed by atoms with Crippen molar-refractivity contribution in [2.45, 2.75) is 6.43 Å². The van der Waals surface area contributed by atoms with Crippen LogP contribution in [-0.2, 0) is 7.05 Å². The number of aromatic nitrogens is 1. The molecule has 4 nitrogen and oxygen atoms in total. The van der Waals surface area contributed by atoms with Crippen LogP contribution in [0.5, 0.6) is 5.75 Å². The lowest BCUT2D eigenvalue weighted by atomic mass is 10.0. The van der Waals surface area contributed by atoms with Gasteiger partial charge in [-0.05, 0) is 23.8 Å². The van der Waals surface area contributed by atoms with Crippen molar-refractivity contribution in [1.82, 2.24) is 4.57 Å². The number of anilines is 1. The Morgan fingerprint density at radius 3 is 2.46 bits per heavy atom. The number of rotatable bonds is 4. The molecule has 0 aliphatic rings. The van der Waals surface area contributed by atoms with Crippen LogP contribution in [0.3, 0.4) is 0 Å². The van der Waals surface area contributed by atoms with Gasteiger partial charge in [-0.25, -0.2) is 18.0 Å². The first-order valence-electron chi connectivity index (χ1n) is 7.72. The number of amides is 1. The third-order valence-electron chi connectivity index (χ3n) is 3.70. The number of hydrogen-bond donors (Lipinski definition) is 1. The summed E-state index contributed by atoms with van der Waals surface area (Å²) in [4.78, 5) is 12.2. The summed E-state index contributed by atoms with van der Waals surface area (Å²) < 4.78 is 45.5. The Hall–Kier alpha value is -3.22. The summed E-state index contributed by atoms with van der Waals surface area (Å²) in [6.45, 7) is 0. The van der Waals surface area contributed by atoms with Gasteiger partial charge in [-0.3, -0.25) is 5.32 Å². The van der Waals surface area contributed by atoms with Gasteiger partial charge in [0.05, 0.1) is 11.3 Å². The Bertz CT molecular complexity index is 921. The number of carbonyl (C=O) groups excluding carboxylic acids is 1. The lowest BCUT2D eigenvalue weighted by molar-refractivity contribution is 0.147. The molecule has 1 heterocycles. The van der Waals surface area contributed by atoms with E-state index in [0.717, 1.165) is 0 Å². The van der Waals surface area contributed by atoms with Gasteiger partial charge in [-0.1, -0.05) is 30.3 Å². The number of hydrogen-bond acceptors (Lipinski definition) is 2. The Morgan fingerprint density at radius 1 is 1.08 bits per heavy atom. The Labute approximate surface area is 147 Å². The van der Waals surface area contributed by atoms with E-state index in [1.165, 1.54) is 29.1 Å². The van der Waals surface area contributed by atoms with E-state index < -0.39 is 12.5 Å². The highest BCUT2D eigenvalue weighted by atomic mass is 19.3. The first kappa shape index (κ1) is 17.6. The number of ether oxygens (including phenoxy) is 1. The number of aryl methyl sites for hydroxylation is 1. The molecule has 0 atom stereocenters.